The quantitative estimate of drug-likeness (QED) is 0.689. The van der Waals surface area contributed by atoms with E-state index < -0.39 is 0 Å². The van der Waals surface area contributed by atoms with Crippen molar-refractivity contribution < 1.29 is 4.79 Å². The molecule has 1 rings (SSSR count). The maximum atomic E-state index is 11.4. The van der Waals surface area contributed by atoms with Crippen LogP contribution in [-0.2, 0) is 17.6 Å². The Labute approximate surface area is 105 Å². The molecule has 0 aliphatic carbocycles. The molecule has 0 unspecified atom stereocenters. The van der Waals surface area contributed by atoms with Crippen molar-refractivity contribution in [2.24, 2.45) is 5.92 Å². The van der Waals surface area contributed by atoms with Crippen LogP contribution in [0.5, 0.6) is 0 Å². The molecule has 0 fully saturated rings. The minimum Gasteiger partial charge on any atom is -0.300 e. The maximum Gasteiger partial charge on any atom is 0.132 e. The standard InChI is InChI=1S/C16H24O/c1-4-16(17)12-11-15-8-6-5-7-14(15)10-9-13(2)3/h5-8,13H,4,9-12H2,1-3H3. The van der Waals surface area contributed by atoms with Gasteiger partial charge in [-0.2, -0.15) is 0 Å². The summed E-state index contributed by atoms with van der Waals surface area (Å²) in [4.78, 5) is 11.4. The Morgan fingerprint density at radius 3 is 2.24 bits per heavy atom. The summed E-state index contributed by atoms with van der Waals surface area (Å²) in [5.41, 5.74) is 2.78. The second-order valence-corrected chi connectivity index (χ2v) is 5.09. The molecule has 0 spiro atoms. The van der Waals surface area contributed by atoms with Gasteiger partial charge in [0.2, 0.25) is 0 Å². The Hall–Kier alpha value is -1.11. The molecule has 1 aromatic carbocycles. The third kappa shape index (κ3) is 5.16. The van der Waals surface area contributed by atoms with Gasteiger partial charge >= 0.3 is 0 Å². The van der Waals surface area contributed by atoms with Crippen LogP contribution >= 0.6 is 0 Å². The first-order valence-corrected chi connectivity index (χ1v) is 6.72. The lowest BCUT2D eigenvalue weighted by atomic mass is 9.95. The van der Waals surface area contributed by atoms with Gasteiger partial charge < -0.3 is 0 Å². The van der Waals surface area contributed by atoms with Gasteiger partial charge in [-0.15, -0.1) is 0 Å². The van der Waals surface area contributed by atoms with Crippen LogP contribution < -0.4 is 0 Å². The van der Waals surface area contributed by atoms with E-state index in [1.807, 2.05) is 6.92 Å². The number of carbonyl (C=O) groups excluding carboxylic acids is 1. The molecule has 17 heavy (non-hydrogen) atoms. The summed E-state index contributed by atoms with van der Waals surface area (Å²) in [5.74, 6) is 1.10. The van der Waals surface area contributed by atoms with E-state index in [2.05, 4.69) is 38.1 Å². The van der Waals surface area contributed by atoms with Crippen molar-refractivity contribution in [2.75, 3.05) is 0 Å². The van der Waals surface area contributed by atoms with Crippen molar-refractivity contribution in [3.8, 4) is 0 Å². The number of ketones is 1. The van der Waals surface area contributed by atoms with E-state index in [0.717, 1.165) is 18.8 Å². The maximum absolute atomic E-state index is 11.4. The Kier molecular flexibility index (Phi) is 5.96. The molecule has 0 aromatic heterocycles. The molecule has 1 heteroatoms. The molecule has 0 atom stereocenters. The van der Waals surface area contributed by atoms with Gasteiger partial charge in [0.25, 0.3) is 0 Å². The normalized spacial score (nSPS) is 10.8. The first-order chi connectivity index (χ1) is 8.13. The number of carbonyl (C=O) groups is 1. The molecule has 0 radical (unpaired) electrons. The van der Waals surface area contributed by atoms with E-state index in [0.29, 0.717) is 18.6 Å². The summed E-state index contributed by atoms with van der Waals surface area (Å²) in [6.07, 6.45) is 4.61. The van der Waals surface area contributed by atoms with E-state index in [1.165, 1.54) is 17.5 Å². The van der Waals surface area contributed by atoms with E-state index in [9.17, 15) is 4.79 Å². The summed E-state index contributed by atoms with van der Waals surface area (Å²) >= 11 is 0. The average Bonchev–Trinajstić information content (AvgIpc) is 2.34. The highest BCUT2D eigenvalue weighted by atomic mass is 16.1. The van der Waals surface area contributed by atoms with Gasteiger partial charge in [-0.1, -0.05) is 45.0 Å². The van der Waals surface area contributed by atoms with Crippen LogP contribution in [0.4, 0.5) is 0 Å². The number of hydrogen-bond donors (Lipinski definition) is 0. The van der Waals surface area contributed by atoms with Gasteiger partial charge in [-0.25, -0.2) is 0 Å². The van der Waals surface area contributed by atoms with E-state index in [-0.39, 0.29) is 0 Å². The molecule has 0 aliphatic rings. The first-order valence-electron chi connectivity index (χ1n) is 6.72. The Morgan fingerprint density at radius 2 is 1.71 bits per heavy atom. The lowest BCUT2D eigenvalue weighted by Crippen LogP contribution is -2.02. The highest BCUT2D eigenvalue weighted by Gasteiger charge is 2.05. The molecule has 1 aromatic rings. The van der Waals surface area contributed by atoms with E-state index in [4.69, 9.17) is 0 Å². The molecule has 0 saturated carbocycles. The van der Waals surface area contributed by atoms with E-state index in [1.54, 1.807) is 0 Å². The Morgan fingerprint density at radius 1 is 1.12 bits per heavy atom. The zero-order valence-electron chi connectivity index (χ0n) is 11.3. The van der Waals surface area contributed by atoms with Crippen molar-refractivity contribution in [3.05, 3.63) is 35.4 Å². The third-order valence-electron chi connectivity index (χ3n) is 3.18. The molecule has 0 bridgehead atoms. The van der Waals surface area contributed by atoms with Gasteiger partial charge in [0.15, 0.2) is 0 Å². The molecular weight excluding hydrogens is 208 g/mol. The lowest BCUT2D eigenvalue weighted by molar-refractivity contribution is -0.118. The molecule has 0 aliphatic heterocycles. The zero-order chi connectivity index (χ0) is 12.7. The van der Waals surface area contributed by atoms with Crippen LogP contribution in [-0.4, -0.2) is 5.78 Å². The summed E-state index contributed by atoms with van der Waals surface area (Å²) in [7, 11) is 0. The van der Waals surface area contributed by atoms with Gasteiger partial charge in [0, 0.05) is 12.8 Å². The molecular formula is C16H24O. The van der Waals surface area contributed by atoms with Crippen molar-refractivity contribution in [1.29, 1.82) is 0 Å². The van der Waals surface area contributed by atoms with Crippen LogP contribution in [0.25, 0.3) is 0 Å². The van der Waals surface area contributed by atoms with Gasteiger partial charge in [0.1, 0.15) is 5.78 Å². The van der Waals surface area contributed by atoms with Gasteiger partial charge in [0.05, 0.1) is 0 Å². The second-order valence-electron chi connectivity index (χ2n) is 5.09. The number of Topliss-reactive ketones (excluding diaryl/α,β-unsaturated/α-hetero) is 1. The number of hydrogen-bond acceptors (Lipinski definition) is 1. The molecule has 0 amide bonds. The van der Waals surface area contributed by atoms with Crippen LogP contribution in [0.1, 0.15) is 51.2 Å². The van der Waals surface area contributed by atoms with Crippen molar-refractivity contribution in [1.82, 2.24) is 0 Å². The topological polar surface area (TPSA) is 17.1 Å². The summed E-state index contributed by atoms with van der Waals surface area (Å²) < 4.78 is 0. The predicted molar refractivity (Wildman–Crippen MR) is 73.2 cm³/mol. The predicted octanol–water partition coefficient (Wildman–Crippen LogP) is 4.19. The zero-order valence-corrected chi connectivity index (χ0v) is 11.3. The fraction of sp³-hybridized carbons (Fsp3) is 0.562. The Bertz CT molecular complexity index is 352. The third-order valence-corrected chi connectivity index (χ3v) is 3.18. The molecule has 0 heterocycles. The fourth-order valence-electron chi connectivity index (χ4n) is 1.94. The van der Waals surface area contributed by atoms with Crippen LogP contribution in [0, 0.1) is 5.92 Å². The van der Waals surface area contributed by atoms with Crippen LogP contribution in [0.3, 0.4) is 0 Å². The number of aryl methyl sites for hydroxylation is 2. The summed E-state index contributed by atoms with van der Waals surface area (Å²) in [6.45, 7) is 6.44. The first kappa shape index (κ1) is 14.0. The van der Waals surface area contributed by atoms with Crippen LogP contribution in [0.15, 0.2) is 24.3 Å². The monoisotopic (exact) mass is 232 g/mol. The van der Waals surface area contributed by atoms with Crippen molar-refractivity contribution in [2.45, 2.75) is 52.9 Å². The average molecular weight is 232 g/mol. The van der Waals surface area contributed by atoms with Crippen molar-refractivity contribution in [3.63, 3.8) is 0 Å². The number of benzene rings is 1. The smallest absolute Gasteiger partial charge is 0.132 e. The Balaban J connectivity index is 2.60. The fourth-order valence-corrected chi connectivity index (χ4v) is 1.94. The number of rotatable bonds is 7. The minimum atomic E-state index is 0.365. The molecule has 0 N–H and O–H groups in total. The van der Waals surface area contributed by atoms with Gasteiger partial charge in [-0.3, -0.25) is 4.79 Å². The summed E-state index contributed by atoms with van der Waals surface area (Å²) in [6, 6.07) is 8.54. The highest BCUT2D eigenvalue weighted by Crippen LogP contribution is 2.16. The molecule has 1 nitrogen and oxygen atoms in total. The van der Waals surface area contributed by atoms with Crippen LogP contribution in [0.2, 0.25) is 0 Å². The second kappa shape index (κ2) is 7.26. The minimum absolute atomic E-state index is 0.365. The summed E-state index contributed by atoms with van der Waals surface area (Å²) in [5, 5.41) is 0. The van der Waals surface area contributed by atoms with Gasteiger partial charge in [-0.05, 0) is 36.3 Å². The lowest BCUT2D eigenvalue weighted by Gasteiger charge is -2.10. The molecule has 0 saturated heterocycles. The highest BCUT2D eigenvalue weighted by molar-refractivity contribution is 5.78. The van der Waals surface area contributed by atoms with E-state index >= 15 is 0 Å². The van der Waals surface area contributed by atoms with Crippen molar-refractivity contribution >= 4 is 5.78 Å². The molecule has 94 valence electrons. The SMILES string of the molecule is CCC(=O)CCc1ccccc1CCC(C)C. The largest absolute Gasteiger partial charge is 0.300 e.